The first-order valence-electron chi connectivity index (χ1n) is 4.44. The molecule has 0 N–H and O–H groups in total. The van der Waals surface area contributed by atoms with Gasteiger partial charge in [-0.1, -0.05) is 0 Å². The second-order valence-corrected chi connectivity index (χ2v) is 4.05. The van der Waals surface area contributed by atoms with Crippen LogP contribution in [-0.2, 0) is 4.79 Å². The SMILES string of the molecule is O=C([O-])C12CCC(CC1)CC2. The van der Waals surface area contributed by atoms with Gasteiger partial charge in [0.1, 0.15) is 0 Å². The second-order valence-electron chi connectivity index (χ2n) is 4.05. The van der Waals surface area contributed by atoms with Crippen LogP contribution in [0.3, 0.4) is 0 Å². The predicted octanol–water partition coefficient (Wildman–Crippen LogP) is 0.707. The molecule has 3 saturated carbocycles. The number of hydrogen-bond acceptors (Lipinski definition) is 2. The van der Waals surface area contributed by atoms with Crippen molar-refractivity contribution < 1.29 is 9.90 Å². The molecule has 11 heavy (non-hydrogen) atoms. The highest BCUT2D eigenvalue weighted by atomic mass is 16.4. The molecule has 0 unspecified atom stereocenters. The fraction of sp³-hybridized carbons (Fsp3) is 0.889. The number of aliphatic carboxylic acids is 1. The van der Waals surface area contributed by atoms with E-state index in [1.54, 1.807) is 0 Å². The van der Waals surface area contributed by atoms with E-state index < -0.39 is 11.4 Å². The van der Waals surface area contributed by atoms with E-state index in [-0.39, 0.29) is 0 Å². The number of carboxylic acids is 1. The molecule has 3 aliphatic rings. The minimum atomic E-state index is -0.796. The summed E-state index contributed by atoms with van der Waals surface area (Å²) in [5, 5.41) is 10.8. The van der Waals surface area contributed by atoms with Crippen LogP contribution in [-0.4, -0.2) is 5.97 Å². The normalized spacial score (nSPS) is 42.4. The Bertz CT molecular complexity index is 164. The number of carbonyl (C=O) groups excluding carboxylic acids is 1. The molecule has 3 fully saturated rings. The van der Waals surface area contributed by atoms with Crippen LogP contribution < -0.4 is 5.11 Å². The number of rotatable bonds is 1. The molecule has 2 bridgehead atoms. The summed E-state index contributed by atoms with van der Waals surface area (Å²) in [4.78, 5) is 10.8. The van der Waals surface area contributed by atoms with E-state index in [0.29, 0.717) is 0 Å². The zero-order valence-corrected chi connectivity index (χ0v) is 6.64. The molecular formula is C9H13O2-. The van der Waals surface area contributed by atoms with Gasteiger partial charge in [-0.3, -0.25) is 0 Å². The standard InChI is InChI=1S/C9H14O2/c10-8(11)9-4-1-7(2-5-9)3-6-9/h7H,1-6H2,(H,10,11)/p-1. The van der Waals surface area contributed by atoms with Crippen LogP contribution >= 0.6 is 0 Å². The molecule has 0 atom stereocenters. The van der Waals surface area contributed by atoms with Gasteiger partial charge in [-0.15, -0.1) is 0 Å². The molecule has 0 amide bonds. The molecule has 0 aromatic carbocycles. The fourth-order valence-electron chi connectivity index (χ4n) is 2.56. The molecular weight excluding hydrogens is 140 g/mol. The lowest BCUT2D eigenvalue weighted by Gasteiger charge is -2.47. The Balaban J connectivity index is 2.18. The maximum absolute atomic E-state index is 10.8. The molecule has 0 saturated heterocycles. The third kappa shape index (κ3) is 0.959. The van der Waals surface area contributed by atoms with Crippen LogP contribution in [0.15, 0.2) is 0 Å². The summed E-state index contributed by atoms with van der Waals surface area (Å²) < 4.78 is 0. The largest absolute Gasteiger partial charge is 0.550 e. The molecule has 62 valence electrons. The van der Waals surface area contributed by atoms with Crippen molar-refractivity contribution >= 4 is 5.97 Å². The maximum atomic E-state index is 10.8. The minimum absolute atomic E-state index is 0.408. The van der Waals surface area contributed by atoms with Gasteiger partial charge in [0.05, 0.1) is 0 Å². The van der Waals surface area contributed by atoms with E-state index in [1.807, 2.05) is 0 Å². The Kier molecular flexibility index (Phi) is 1.44. The highest BCUT2D eigenvalue weighted by Gasteiger charge is 2.41. The van der Waals surface area contributed by atoms with Crippen LogP contribution in [0.5, 0.6) is 0 Å². The maximum Gasteiger partial charge on any atom is 0.0476 e. The summed E-state index contributed by atoms with van der Waals surface area (Å²) in [6, 6.07) is 0. The Morgan fingerprint density at radius 2 is 1.64 bits per heavy atom. The zero-order chi connectivity index (χ0) is 7.90. The topological polar surface area (TPSA) is 40.1 Å². The zero-order valence-electron chi connectivity index (χ0n) is 6.64. The molecule has 3 rings (SSSR count). The van der Waals surface area contributed by atoms with Crippen molar-refractivity contribution in [3.05, 3.63) is 0 Å². The van der Waals surface area contributed by atoms with Gasteiger partial charge in [0.15, 0.2) is 0 Å². The van der Waals surface area contributed by atoms with E-state index >= 15 is 0 Å². The van der Waals surface area contributed by atoms with E-state index in [0.717, 1.165) is 44.4 Å². The van der Waals surface area contributed by atoms with Gasteiger partial charge < -0.3 is 9.90 Å². The lowest BCUT2D eigenvalue weighted by molar-refractivity contribution is -0.323. The van der Waals surface area contributed by atoms with Crippen LogP contribution in [0.25, 0.3) is 0 Å². The number of hydrogen-bond donors (Lipinski definition) is 0. The highest BCUT2D eigenvalue weighted by molar-refractivity contribution is 5.72. The second kappa shape index (κ2) is 2.23. The van der Waals surface area contributed by atoms with Crippen molar-refractivity contribution in [3.63, 3.8) is 0 Å². The van der Waals surface area contributed by atoms with Crippen molar-refractivity contribution in [1.29, 1.82) is 0 Å². The van der Waals surface area contributed by atoms with Crippen molar-refractivity contribution in [2.24, 2.45) is 11.3 Å². The molecule has 0 aliphatic heterocycles. The van der Waals surface area contributed by atoms with Gasteiger partial charge in [0.25, 0.3) is 0 Å². The molecule has 2 heteroatoms. The van der Waals surface area contributed by atoms with Gasteiger partial charge in [0.2, 0.25) is 0 Å². The third-order valence-electron chi connectivity index (χ3n) is 3.53. The summed E-state index contributed by atoms with van der Waals surface area (Å²) in [7, 11) is 0. The molecule has 0 heterocycles. The first-order chi connectivity index (χ1) is 5.23. The lowest BCUT2D eigenvalue weighted by atomic mass is 9.61. The summed E-state index contributed by atoms with van der Waals surface area (Å²) in [6.07, 6.45) is 5.98. The number of carboxylic acid groups (broad SMARTS) is 1. The van der Waals surface area contributed by atoms with Crippen molar-refractivity contribution in [2.45, 2.75) is 38.5 Å². The molecule has 0 aromatic rings. The van der Waals surface area contributed by atoms with Gasteiger partial charge >= 0.3 is 0 Å². The predicted molar refractivity (Wildman–Crippen MR) is 38.6 cm³/mol. The number of carbonyl (C=O) groups is 1. The molecule has 2 nitrogen and oxygen atoms in total. The van der Waals surface area contributed by atoms with Crippen LogP contribution in [0, 0.1) is 11.3 Å². The monoisotopic (exact) mass is 153 g/mol. The van der Waals surface area contributed by atoms with E-state index in [1.165, 1.54) is 0 Å². The smallest absolute Gasteiger partial charge is 0.0476 e. The summed E-state index contributed by atoms with van der Waals surface area (Å²) in [5.41, 5.74) is -0.408. The van der Waals surface area contributed by atoms with Gasteiger partial charge in [-0.05, 0) is 44.4 Å². The van der Waals surface area contributed by atoms with E-state index in [2.05, 4.69) is 0 Å². The molecule has 0 spiro atoms. The van der Waals surface area contributed by atoms with Gasteiger partial charge in [-0.25, -0.2) is 0 Å². The van der Waals surface area contributed by atoms with E-state index in [4.69, 9.17) is 0 Å². The van der Waals surface area contributed by atoms with E-state index in [9.17, 15) is 9.90 Å². The van der Waals surface area contributed by atoms with Gasteiger partial charge in [0, 0.05) is 11.4 Å². The van der Waals surface area contributed by atoms with Crippen LogP contribution in [0.2, 0.25) is 0 Å². The Labute approximate surface area is 66.6 Å². The van der Waals surface area contributed by atoms with Crippen LogP contribution in [0.4, 0.5) is 0 Å². The summed E-state index contributed by atoms with van der Waals surface area (Å²) >= 11 is 0. The highest BCUT2D eigenvalue weighted by Crippen LogP contribution is 2.49. The molecule has 3 aliphatic carbocycles. The molecule has 0 aromatic heterocycles. The summed E-state index contributed by atoms with van der Waals surface area (Å²) in [5.74, 6) is 0.0341. The van der Waals surface area contributed by atoms with Crippen molar-refractivity contribution in [1.82, 2.24) is 0 Å². The first kappa shape index (κ1) is 7.14. The van der Waals surface area contributed by atoms with Crippen LogP contribution in [0.1, 0.15) is 38.5 Å². The minimum Gasteiger partial charge on any atom is -0.550 e. The van der Waals surface area contributed by atoms with Gasteiger partial charge in [-0.2, -0.15) is 0 Å². The lowest BCUT2D eigenvalue weighted by Crippen LogP contribution is -2.47. The average molecular weight is 153 g/mol. The Morgan fingerprint density at radius 1 is 1.18 bits per heavy atom. The van der Waals surface area contributed by atoms with Crippen molar-refractivity contribution in [3.8, 4) is 0 Å². The fourth-order valence-corrected chi connectivity index (χ4v) is 2.56. The Hall–Kier alpha value is -0.530. The Morgan fingerprint density at radius 3 is 1.91 bits per heavy atom. The summed E-state index contributed by atoms with van der Waals surface area (Å²) in [6.45, 7) is 0. The third-order valence-corrected chi connectivity index (χ3v) is 3.53. The quantitative estimate of drug-likeness (QED) is 0.556. The van der Waals surface area contributed by atoms with Crippen molar-refractivity contribution in [2.75, 3.05) is 0 Å². The number of fused-ring (bicyclic) bond motifs is 3. The molecule has 0 radical (unpaired) electrons. The average Bonchev–Trinajstić information content (AvgIpc) is 2.08. The first-order valence-corrected chi connectivity index (χ1v) is 4.44.